The highest BCUT2D eigenvalue weighted by Crippen LogP contribution is 2.22. The third-order valence-corrected chi connectivity index (χ3v) is 2.50. The molecule has 0 bridgehead atoms. The predicted molar refractivity (Wildman–Crippen MR) is 69.6 cm³/mol. The van der Waals surface area contributed by atoms with E-state index in [1.54, 1.807) is 38.5 Å². The Morgan fingerprint density at radius 3 is 2.37 bits per heavy atom. The summed E-state index contributed by atoms with van der Waals surface area (Å²) in [6, 6.07) is 6.99. The molecule has 0 atom stereocenters. The first-order chi connectivity index (χ1) is 9.26. The Kier molecular flexibility index (Phi) is 3.89. The lowest BCUT2D eigenvalue weighted by Gasteiger charge is -2.04. The standard InChI is InChI=1S/C15H12O4/c1-17-13-7-11(8-14(9-13)18-2)3-4-12-5-6-19-15(12)10-16/h5-10H,1-2H3. The molecule has 1 aromatic carbocycles. The molecular formula is C15H12O4. The summed E-state index contributed by atoms with van der Waals surface area (Å²) in [4.78, 5) is 10.7. The minimum atomic E-state index is 0.224. The van der Waals surface area contributed by atoms with Crippen LogP contribution in [0.5, 0.6) is 11.5 Å². The van der Waals surface area contributed by atoms with Crippen molar-refractivity contribution in [1.29, 1.82) is 0 Å². The van der Waals surface area contributed by atoms with Crippen LogP contribution in [0.3, 0.4) is 0 Å². The van der Waals surface area contributed by atoms with Gasteiger partial charge in [-0.25, -0.2) is 0 Å². The van der Waals surface area contributed by atoms with E-state index in [1.807, 2.05) is 0 Å². The summed E-state index contributed by atoms with van der Waals surface area (Å²) >= 11 is 0. The molecule has 2 aromatic rings. The molecule has 0 saturated heterocycles. The largest absolute Gasteiger partial charge is 0.497 e. The highest BCUT2D eigenvalue weighted by atomic mass is 16.5. The Morgan fingerprint density at radius 2 is 1.79 bits per heavy atom. The second-order valence-corrected chi connectivity index (χ2v) is 3.67. The SMILES string of the molecule is COc1cc(C#Cc2ccoc2C=O)cc(OC)c1. The Bertz CT molecular complexity index is 621. The van der Waals surface area contributed by atoms with Gasteiger partial charge < -0.3 is 13.9 Å². The molecule has 0 saturated carbocycles. The molecule has 0 spiro atoms. The Morgan fingerprint density at radius 1 is 1.11 bits per heavy atom. The smallest absolute Gasteiger partial charge is 0.186 e. The molecule has 0 radical (unpaired) electrons. The van der Waals surface area contributed by atoms with Crippen LogP contribution in [0.4, 0.5) is 0 Å². The Hall–Kier alpha value is -2.67. The van der Waals surface area contributed by atoms with Gasteiger partial charge in [0.05, 0.1) is 26.0 Å². The third-order valence-electron chi connectivity index (χ3n) is 2.50. The highest BCUT2D eigenvalue weighted by molar-refractivity contribution is 5.75. The number of aldehydes is 1. The van der Waals surface area contributed by atoms with Crippen LogP contribution in [0.15, 0.2) is 34.9 Å². The van der Waals surface area contributed by atoms with Crippen LogP contribution >= 0.6 is 0 Å². The minimum Gasteiger partial charge on any atom is -0.497 e. The number of carbonyl (C=O) groups is 1. The van der Waals surface area contributed by atoms with Crippen molar-refractivity contribution in [3.05, 3.63) is 47.4 Å². The van der Waals surface area contributed by atoms with Crippen molar-refractivity contribution >= 4 is 6.29 Å². The molecule has 0 amide bonds. The second-order valence-electron chi connectivity index (χ2n) is 3.67. The summed E-state index contributed by atoms with van der Waals surface area (Å²) in [6.45, 7) is 0. The van der Waals surface area contributed by atoms with E-state index < -0.39 is 0 Å². The summed E-state index contributed by atoms with van der Waals surface area (Å²) in [5, 5.41) is 0. The van der Waals surface area contributed by atoms with Crippen LogP contribution in [-0.2, 0) is 0 Å². The van der Waals surface area contributed by atoms with Gasteiger partial charge in [-0.3, -0.25) is 4.79 Å². The van der Waals surface area contributed by atoms with Gasteiger partial charge in [-0.05, 0) is 18.2 Å². The first-order valence-electron chi connectivity index (χ1n) is 5.54. The van der Waals surface area contributed by atoms with Gasteiger partial charge in [0, 0.05) is 11.6 Å². The lowest BCUT2D eigenvalue weighted by atomic mass is 10.2. The summed E-state index contributed by atoms with van der Waals surface area (Å²) < 4.78 is 15.3. The highest BCUT2D eigenvalue weighted by Gasteiger charge is 2.02. The van der Waals surface area contributed by atoms with Crippen LogP contribution in [0.25, 0.3) is 0 Å². The molecular weight excluding hydrogens is 244 g/mol. The minimum absolute atomic E-state index is 0.224. The fourth-order valence-corrected chi connectivity index (χ4v) is 1.53. The molecule has 19 heavy (non-hydrogen) atoms. The lowest BCUT2D eigenvalue weighted by Crippen LogP contribution is -1.88. The second kappa shape index (κ2) is 5.78. The molecule has 0 fully saturated rings. The Labute approximate surface area is 110 Å². The average molecular weight is 256 g/mol. The van der Waals surface area contributed by atoms with E-state index in [9.17, 15) is 4.79 Å². The molecule has 0 N–H and O–H groups in total. The summed E-state index contributed by atoms with van der Waals surface area (Å²) in [5.41, 5.74) is 1.28. The molecule has 2 rings (SSSR count). The van der Waals surface area contributed by atoms with Crippen molar-refractivity contribution in [2.24, 2.45) is 0 Å². The van der Waals surface area contributed by atoms with Crippen LogP contribution in [0.2, 0.25) is 0 Å². The summed E-state index contributed by atoms with van der Waals surface area (Å²) in [6.07, 6.45) is 2.07. The monoisotopic (exact) mass is 256 g/mol. The third kappa shape index (κ3) is 2.96. The van der Waals surface area contributed by atoms with Crippen LogP contribution in [0.1, 0.15) is 21.7 Å². The molecule has 96 valence electrons. The molecule has 0 aliphatic carbocycles. The van der Waals surface area contributed by atoms with Crippen LogP contribution in [0, 0.1) is 11.8 Å². The van der Waals surface area contributed by atoms with Gasteiger partial charge in [0.15, 0.2) is 12.0 Å². The average Bonchev–Trinajstić information content (AvgIpc) is 2.92. The van der Waals surface area contributed by atoms with Crippen LogP contribution in [-0.4, -0.2) is 20.5 Å². The first-order valence-corrected chi connectivity index (χ1v) is 5.54. The van der Waals surface area contributed by atoms with Crippen molar-refractivity contribution < 1.29 is 18.7 Å². The fourth-order valence-electron chi connectivity index (χ4n) is 1.53. The summed E-state index contributed by atoms with van der Waals surface area (Å²) in [5.74, 6) is 7.36. The Balaban J connectivity index is 2.36. The van der Waals surface area contributed by atoms with Crippen molar-refractivity contribution in [2.45, 2.75) is 0 Å². The molecule has 1 heterocycles. The molecule has 4 nitrogen and oxygen atoms in total. The molecule has 4 heteroatoms. The van der Waals surface area contributed by atoms with Crippen molar-refractivity contribution in [3.63, 3.8) is 0 Å². The topological polar surface area (TPSA) is 48.7 Å². The number of hydrogen-bond acceptors (Lipinski definition) is 4. The first kappa shape index (κ1) is 12.8. The van der Waals surface area contributed by atoms with Gasteiger partial charge in [0.2, 0.25) is 0 Å². The maximum absolute atomic E-state index is 10.7. The van der Waals surface area contributed by atoms with E-state index in [2.05, 4.69) is 11.8 Å². The molecule has 0 aliphatic heterocycles. The fraction of sp³-hybridized carbons (Fsp3) is 0.133. The van der Waals surface area contributed by atoms with Crippen molar-refractivity contribution in [3.8, 4) is 23.3 Å². The van der Waals surface area contributed by atoms with Crippen molar-refractivity contribution in [1.82, 2.24) is 0 Å². The molecule has 1 aromatic heterocycles. The normalized spacial score (nSPS) is 9.37. The molecule has 0 aliphatic rings. The van der Waals surface area contributed by atoms with Gasteiger partial charge in [-0.1, -0.05) is 11.8 Å². The molecule has 0 unspecified atom stereocenters. The quantitative estimate of drug-likeness (QED) is 0.625. The van der Waals surface area contributed by atoms with Gasteiger partial charge in [-0.15, -0.1) is 0 Å². The number of rotatable bonds is 3. The van der Waals surface area contributed by atoms with Crippen LogP contribution < -0.4 is 9.47 Å². The maximum Gasteiger partial charge on any atom is 0.186 e. The van der Waals surface area contributed by atoms with E-state index in [-0.39, 0.29) is 5.76 Å². The van der Waals surface area contributed by atoms with E-state index in [0.29, 0.717) is 23.3 Å². The number of furan rings is 1. The van der Waals surface area contributed by atoms with E-state index in [0.717, 1.165) is 5.56 Å². The maximum atomic E-state index is 10.7. The number of methoxy groups -OCH3 is 2. The zero-order valence-electron chi connectivity index (χ0n) is 10.6. The number of carbonyl (C=O) groups excluding carboxylic acids is 1. The van der Waals surface area contributed by atoms with E-state index in [1.165, 1.54) is 6.26 Å². The van der Waals surface area contributed by atoms with Gasteiger partial charge in [0.25, 0.3) is 0 Å². The van der Waals surface area contributed by atoms with Gasteiger partial charge >= 0.3 is 0 Å². The predicted octanol–water partition coefficient (Wildman–Crippen LogP) is 2.51. The number of hydrogen-bond donors (Lipinski definition) is 0. The van der Waals surface area contributed by atoms with Crippen molar-refractivity contribution in [2.75, 3.05) is 14.2 Å². The van der Waals surface area contributed by atoms with E-state index >= 15 is 0 Å². The summed E-state index contributed by atoms with van der Waals surface area (Å²) in [7, 11) is 3.15. The number of ether oxygens (including phenoxy) is 2. The zero-order valence-corrected chi connectivity index (χ0v) is 10.6. The zero-order chi connectivity index (χ0) is 13.7. The number of benzene rings is 1. The lowest BCUT2D eigenvalue weighted by molar-refractivity contribution is 0.110. The van der Waals surface area contributed by atoms with Gasteiger partial charge in [0.1, 0.15) is 11.5 Å². The van der Waals surface area contributed by atoms with E-state index in [4.69, 9.17) is 13.9 Å². The van der Waals surface area contributed by atoms with Gasteiger partial charge in [-0.2, -0.15) is 0 Å².